The van der Waals surface area contributed by atoms with Crippen molar-refractivity contribution in [1.29, 1.82) is 0 Å². The number of aliphatic hydroxyl groups is 1. The van der Waals surface area contributed by atoms with Gasteiger partial charge in [-0.05, 0) is 36.3 Å². The molecule has 4 heteroatoms. The molecule has 0 saturated heterocycles. The minimum atomic E-state index is -1.42. The van der Waals surface area contributed by atoms with Gasteiger partial charge in [0.25, 0.3) is 0 Å². The van der Waals surface area contributed by atoms with Gasteiger partial charge in [0.2, 0.25) is 0 Å². The standard InChI is InChI=1S/C12H13F3O/c1-6-7(3-5-10(6)16)8-2-4-9(13)12(15)11(8)14/h2,4,6-7,10,16H,3,5H2,1H3. The molecule has 1 aliphatic rings. The number of rotatable bonds is 1. The average molecular weight is 230 g/mol. The fraction of sp³-hybridized carbons (Fsp3) is 0.500. The SMILES string of the molecule is CC1C(O)CCC1c1ccc(F)c(F)c1F. The van der Waals surface area contributed by atoms with Gasteiger partial charge < -0.3 is 5.11 Å². The van der Waals surface area contributed by atoms with Crippen molar-refractivity contribution in [3.8, 4) is 0 Å². The van der Waals surface area contributed by atoms with Crippen LogP contribution in [0, 0.1) is 23.4 Å². The molecular weight excluding hydrogens is 217 g/mol. The predicted molar refractivity (Wildman–Crippen MR) is 53.5 cm³/mol. The molecule has 0 radical (unpaired) electrons. The van der Waals surface area contributed by atoms with E-state index in [1.807, 2.05) is 0 Å². The molecule has 0 spiro atoms. The first kappa shape index (κ1) is 11.5. The monoisotopic (exact) mass is 230 g/mol. The third-order valence-corrected chi connectivity index (χ3v) is 3.48. The summed E-state index contributed by atoms with van der Waals surface area (Å²) in [4.78, 5) is 0. The van der Waals surface area contributed by atoms with E-state index in [4.69, 9.17) is 0 Å². The lowest BCUT2D eigenvalue weighted by atomic mass is 9.89. The van der Waals surface area contributed by atoms with E-state index in [1.165, 1.54) is 6.07 Å². The van der Waals surface area contributed by atoms with Crippen molar-refractivity contribution in [2.75, 3.05) is 0 Å². The molecular formula is C12H13F3O. The summed E-state index contributed by atoms with van der Waals surface area (Å²) in [5.74, 6) is -4.08. The minimum absolute atomic E-state index is 0.126. The fourth-order valence-electron chi connectivity index (χ4n) is 2.41. The van der Waals surface area contributed by atoms with Crippen LogP contribution in [0.4, 0.5) is 13.2 Å². The molecule has 3 atom stereocenters. The Morgan fingerprint density at radius 2 is 1.81 bits per heavy atom. The largest absolute Gasteiger partial charge is 0.393 e. The molecule has 0 amide bonds. The van der Waals surface area contributed by atoms with Crippen molar-refractivity contribution >= 4 is 0 Å². The van der Waals surface area contributed by atoms with Crippen LogP contribution >= 0.6 is 0 Å². The normalized spacial score (nSPS) is 29.7. The van der Waals surface area contributed by atoms with Gasteiger partial charge in [-0.15, -0.1) is 0 Å². The Morgan fingerprint density at radius 3 is 2.38 bits per heavy atom. The lowest BCUT2D eigenvalue weighted by Crippen LogP contribution is -2.15. The van der Waals surface area contributed by atoms with Gasteiger partial charge in [-0.2, -0.15) is 0 Å². The van der Waals surface area contributed by atoms with Crippen molar-refractivity contribution in [1.82, 2.24) is 0 Å². The van der Waals surface area contributed by atoms with Gasteiger partial charge in [-0.25, -0.2) is 13.2 Å². The molecule has 0 bridgehead atoms. The lowest BCUT2D eigenvalue weighted by Gasteiger charge is -2.18. The second-order valence-corrected chi connectivity index (χ2v) is 4.37. The van der Waals surface area contributed by atoms with Gasteiger partial charge in [-0.1, -0.05) is 13.0 Å². The van der Waals surface area contributed by atoms with Gasteiger partial charge in [0.1, 0.15) is 0 Å². The zero-order valence-corrected chi connectivity index (χ0v) is 8.88. The van der Waals surface area contributed by atoms with E-state index in [0.717, 1.165) is 6.07 Å². The molecule has 2 rings (SSSR count). The van der Waals surface area contributed by atoms with Crippen molar-refractivity contribution < 1.29 is 18.3 Å². The summed E-state index contributed by atoms with van der Waals surface area (Å²) in [5, 5.41) is 9.55. The van der Waals surface area contributed by atoms with Gasteiger partial charge in [0, 0.05) is 0 Å². The van der Waals surface area contributed by atoms with E-state index in [-0.39, 0.29) is 17.4 Å². The first-order valence-corrected chi connectivity index (χ1v) is 5.34. The maximum atomic E-state index is 13.5. The molecule has 1 fully saturated rings. The highest BCUT2D eigenvalue weighted by atomic mass is 19.2. The molecule has 1 aliphatic carbocycles. The van der Waals surface area contributed by atoms with E-state index in [0.29, 0.717) is 12.8 Å². The molecule has 1 aromatic carbocycles. The van der Waals surface area contributed by atoms with E-state index < -0.39 is 23.6 Å². The van der Waals surface area contributed by atoms with Gasteiger partial charge >= 0.3 is 0 Å². The summed E-state index contributed by atoms with van der Waals surface area (Å²) in [6, 6.07) is 2.21. The van der Waals surface area contributed by atoms with Crippen LogP contribution in [-0.2, 0) is 0 Å². The summed E-state index contributed by atoms with van der Waals surface area (Å²) >= 11 is 0. The van der Waals surface area contributed by atoms with Crippen molar-refractivity contribution in [2.24, 2.45) is 5.92 Å². The second-order valence-electron chi connectivity index (χ2n) is 4.37. The van der Waals surface area contributed by atoms with Crippen LogP contribution in [0.1, 0.15) is 31.2 Å². The zero-order valence-electron chi connectivity index (χ0n) is 8.88. The average Bonchev–Trinajstić information content (AvgIpc) is 2.58. The topological polar surface area (TPSA) is 20.2 Å². The number of hydrogen-bond acceptors (Lipinski definition) is 1. The smallest absolute Gasteiger partial charge is 0.194 e. The molecule has 1 N–H and O–H groups in total. The molecule has 1 saturated carbocycles. The number of hydrogen-bond donors (Lipinski definition) is 1. The van der Waals surface area contributed by atoms with Crippen LogP contribution in [0.25, 0.3) is 0 Å². The first-order chi connectivity index (χ1) is 7.52. The lowest BCUT2D eigenvalue weighted by molar-refractivity contribution is 0.136. The minimum Gasteiger partial charge on any atom is -0.393 e. The van der Waals surface area contributed by atoms with Crippen LogP contribution in [0.3, 0.4) is 0 Å². The number of aliphatic hydroxyl groups excluding tert-OH is 1. The van der Waals surface area contributed by atoms with Crippen molar-refractivity contribution in [2.45, 2.75) is 31.8 Å². The van der Waals surface area contributed by atoms with Gasteiger partial charge in [0.15, 0.2) is 17.5 Å². The van der Waals surface area contributed by atoms with Crippen LogP contribution < -0.4 is 0 Å². The Labute approximate surface area is 91.9 Å². The van der Waals surface area contributed by atoms with E-state index in [2.05, 4.69) is 0 Å². The maximum absolute atomic E-state index is 13.5. The molecule has 0 heterocycles. The molecule has 0 aliphatic heterocycles. The summed E-state index contributed by atoms with van der Waals surface area (Å²) in [5.41, 5.74) is 0.169. The van der Waals surface area contributed by atoms with Crippen molar-refractivity contribution in [3.63, 3.8) is 0 Å². The summed E-state index contributed by atoms with van der Waals surface area (Å²) in [6.45, 7) is 1.79. The molecule has 1 nitrogen and oxygen atoms in total. The Kier molecular flexibility index (Phi) is 2.93. The van der Waals surface area contributed by atoms with Crippen LogP contribution in [0.15, 0.2) is 12.1 Å². The molecule has 0 aromatic heterocycles. The third kappa shape index (κ3) is 1.71. The van der Waals surface area contributed by atoms with Crippen LogP contribution in [0.2, 0.25) is 0 Å². The van der Waals surface area contributed by atoms with Crippen LogP contribution in [0.5, 0.6) is 0 Å². The third-order valence-electron chi connectivity index (χ3n) is 3.48. The first-order valence-electron chi connectivity index (χ1n) is 5.34. The van der Waals surface area contributed by atoms with Crippen molar-refractivity contribution in [3.05, 3.63) is 35.1 Å². The predicted octanol–water partition coefficient (Wildman–Crippen LogP) is 2.98. The van der Waals surface area contributed by atoms with E-state index >= 15 is 0 Å². The Balaban J connectivity index is 2.38. The molecule has 16 heavy (non-hydrogen) atoms. The highest BCUT2D eigenvalue weighted by Gasteiger charge is 2.34. The Morgan fingerprint density at radius 1 is 1.12 bits per heavy atom. The Hall–Kier alpha value is -1.03. The van der Waals surface area contributed by atoms with Gasteiger partial charge in [0.05, 0.1) is 6.10 Å². The maximum Gasteiger partial charge on any atom is 0.194 e. The number of halogens is 3. The molecule has 88 valence electrons. The quantitative estimate of drug-likeness (QED) is 0.735. The second kappa shape index (κ2) is 4.09. The summed E-state index contributed by atoms with van der Waals surface area (Å²) < 4.78 is 39.3. The summed E-state index contributed by atoms with van der Waals surface area (Å²) in [7, 11) is 0. The van der Waals surface area contributed by atoms with Gasteiger partial charge in [-0.3, -0.25) is 0 Å². The highest BCUT2D eigenvalue weighted by molar-refractivity contribution is 5.26. The number of benzene rings is 1. The zero-order chi connectivity index (χ0) is 11.9. The molecule has 3 unspecified atom stereocenters. The fourth-order valence-corrected chi connectivity index (χ4v) is 2.41. The summed E-state index contributed by atoms with van der Waals surface area (Å²) in [6.07, 6.45) is 0.687. The van der Waals surface area contributed by atoms with Crippen LogP contribution in [-0.4, -0.2) is 11.2 Å². The van der Waals surface area contributed by atoms with E-state index in [9.17, 15) is 18.3 Å². The Bertz CT molecular complexity index is 405. The molecule has 1 aromatic rings. The highest BCUT2D eigenvalue weighted by Crippen LogP contribution is 2.40. The van der Waals surface area contributed by atoms with E-state index in [1.54, 1.807) is 6.92 Å².